The molecule has 0 spiro atoms. The SMILES string of the molecule is CCN1C(=O)CC(NC(C)(C)c2nccs2)C1=O. The number of nitrogens with one attached hydrogen (secondary N) is 1. The molecule has 0 aromatic carbocycles. The fourth-order valence-electron chi connectivity index (χ4n) is 2.16. The van der Waals surface area contributed by atoms with E-state index in [4.69, 9.17) is 0 Å². The third-order valence-corrected chi connectivity index (χ3v) is 4.16. The maximum atomic E-state index is 12.0. The summed E-state index contributed by atoms with van der Waals surface area (Å²) < 4.78 is 0. The number of carbonyl (C=O) groups excluding carboxylic acids is 2. The molecule has 1 atom stereocenters. The van der Waals surface area contributed by atoms with Gasteiger partial charge < -0.3 is 0 Å². The summed E-state index contributed by atoms with van der Waals surface area (Å²) in [5.41, 5.74) is -0.404. The third kappa shape index (κ3) is 2.30. The number of nitrogens with zero attached hydrogens (tertiary/aromatic N) is 2. The second-order valence-electron chi connectivity index (χ2n) is 4.84. The minimum Gasteiger partial charge on any atom is -0.294 e. The first-order valence-corrected chi connectivity index (χ1v) is 6.85. The van der Waals surface area contributed by atoms with Crippen LogP contribution in [0.5, 0.6) is 0 Å². The molecule has 2 amide bonds. The summed E-state index contributed by atoms with van der Waals surface area (Å²) in [6, 6.07) is -0.434. The molecule has 6 heteroatoms. The first kappa shape index (κ1) is 13.2. The van der Waals surface area contributed by atoms with Crippen molar-refractivity contribution >= 4 is 23.2 Å². The molecular weight excluding hydrogens is 250 g/mol. The lowest BCUT2D eigenvalue weighted by molar-refractivity contribution is -0.138. The summed E-state index contributed by atoms with van der Waals surface area (Å²) in [5.74, 6) is -0.234. The fourth-order valence-corrected chi connectivity index (χ4v) is 2.88. The number of amides is 2. The second kappa shape index (κ2) is 4.78. The number of likely N-dealkylation sites (N-methyl/N-ethyl adjacent to an activating group) is 1. The minimum absolute atomic E-state index is 0.102. The molecule has 1 N–H and O–H groups in total. The first-order valence-electron chi connectivity index (χ1n) is 5.97. The molecule has 2 rings (SSSR count). The van der Waals surface area contributed by atoms with Crippen LogP contribution in [0.4, 0.5) is 0 Å². The van der Waals surface area contributed by atoms with E-state index in [1.807, 2.05) is 26.2 Å². The van der Waals surface area contributed by atoms with Gasteiger partial charge in [-0.05, 0) is 20.8 Å². The Balaban J connectivity index is 2.11. The van der Waals surface area contributed by atoms with Crippen LogP contribution in [-0.2, 0) is 15.1 Å². The van der Waals surface area contributed by atoms with Crippen LogP contribution < -0.4 is 5.32 Å². The number of aromatic nitrogens is 1. The number of carbonyl (C=O) groups is 2. The molecule has 98 valence electrons. The van der Waals surface area contributed by atoms with Crippen molar-refractivity contribution in [1.82, 2.24) is 15.2 Å². The number of hydrogen-bond acceptors (Lipinski definition) is 5. The quantitative estimate of drug-likeness (QED) is 0.830. The summed E-state index contributed by atoms with van der Waals surface area (Å²) in [7, 11) is 0. The monoisotopic (exact) mass is 267 g/mol. The number of rotatable bonds is 4. The average molecular weight is 267 g/mol. The highest BCUT2D eigenvalue weighted by Crippen LogP contribution is 2.25. The second-order valence-corrected chi connectivity index (χ2v) is 5.73. The Morgan fingerprint density at radius 1 is 1.56 bits per heavy atom. The molecule has 0 radical (unpaired) electrons. The van der Waals surface area contributed by atoms with E-state index in [1.54, 1.807) is 6.20 Å². The van der Waals surface area contributed by atoms with E-state index in [0.29, 0.717) is 6.54 Å². The Morgan fingerprint density at radius 2 is 2.28 bits per heavy atom. The van der Waals surface area contributed by atoms with Gasteiger partial charge in [-0.2, -0.15) is 0 Å². The largest absolute Gasteiger partial charge is 0.294 e. The van der Waals surface area contributed by atoms with Gasteiger partial charge in [0.25, 0.3) is 0 Å². The zero-order valence-corrected chi connectivity index (χ0v) is 11.6. The Bertz CT molecular complexity index is 456. The van der Waals surface area contributed by atoms with Gasteiger partial charge >= 0.3 is 0 Å². The van der Waals surface area contributed by atoms with Crippen molar-refractivity contribution in [3.05, 3.63) is 16.6 Å². The molecule has 1 fully saturated rings. The maximum Gasteiger partial charge on any atom is 0.246 e. The molecule has 5 nitrogen and oxygen atoms in total. The lowest BCUT2D eigenvalue weighted by atomic mass is 10.0. The molecule has 0 aliphatic carbocycles. The van der Waals surface area contributed by atoms with Gasteiger partial charge in [0.05, 0.1) is 18.0 Å². The van der Waals surface area contributed by atoms with Gasteiger partial charge in [0, 0.05) is 18.1 Å². The zero-order valence-electron chi connectivity index (χ0n) is 10.8. The van der Waals surface area contributed by atoms with Gasteiger partial charge in [0.1, 0.15) is 5.01 Å². The van der Waals surface area contributed by atoms with Crippen LogP contribution in [0.2, 0.25) is 0 Å². The predicted molar refractivity (Wildman–Crippen MR) is 69.1 cm³/mol. The molecule has 0 saturated carbocycles. The smallest absolute Gasteiger partial charge is 0.246 e. The van der Waals surface area contributed by atoms with E-state index in [9.17, 15) is 9.59 Å². The van der Waals surface area contributed by atoms with Crippen LogP contribution in [0.3, 0.4) is 0 Å². The molecule has 1 aliphatic rings. The third-order valence-electron chi connectivity index (χ3n) is 3.06. The highest BCUT2D eigenvalue weighted by molar-refractivity contribution is 7.09. The normalized spacial score (nSPS) is 20.8. The van der Waals surface area contributed by atoms with Gasteiger partial charge in [-0.15, -0.1) is 11.3 Å². The fraction of sp³-hybridized carbons (Fsp3) is 0.583. The molecule has 18 heavy (non-hydrogen) atoms. The predicted octanol–water partition coefficient (Wildman–Crippen LogP) is 1.12. The van der Waals surface area contributed by atoms with Crippen molar-refractivity contribution in [2.24, 2.45) is 0 Å². The van der Waals surface area contributed by atoms with E-state index in [2.05, 4.69) is 10.3 Å². The van der Waals surface area contributed by atoms with Crippen molar-refractivity contribution in [3.8, 4) is 0 Å². The molecule has 1 aromatic heterocycles. The summed E-state index contributed by atoms with van der Waals surface area (Å²) in [5, 5.41) is 6.05. The van der Waals surface area contributed by atoms with Crippen LogP contribution in [0, 0.1) is 0 Å². The maximum absolute atomic E-state index is 12.0. The van der Waals surface area contributed by atoms with Crippen LogP contribution in [0.15, 0.2) is 11.6 Å². The Kier molecular flexibility index (Phi) is 3.49. The van der Waals surface area contributed by atoms with Crippen LogP contribution in [0.1, 0.15) is 32.2 Å². The zero-order chi connectivity index (χ0) is 13.3. The van der Waals surface area contributed by atoms with Gasteiger partial charge in [0.2, 0.25) is 11.8 Å². The van der Waals surface area contributed by atoms with Crippen molar-refractivity contribution < 1.29 is 9.59 Å². The standard InChI is InChI=1S/C12H17N3O2S/c1-4-15-9(16)7-8(10(15)17)14-12(2,3)11-13-5-6-18-11/h5-6,8,14H,4,7H2,1-3H3. The van der Waals surface area contributed by atoms with E-state index < -0.39 is 11.6 Å². The molecule has 1 unspecified atom stereocenters. The number of hydrogen-bond donors (Lipinski definition) is 1. The lowest BCUT2D eigenvalue weighted by Gasteiger charge is -2.27. The van der Waals surface area contributed by atoms with E-state index in [0.717, 1.165) is 5.01 Å². The molecule has 1 aromatic rings. The van der Waals surface area contributed by atoms with Crippen molar-refractivity contribution in [3.63, 3.8) is 0 Å². The first-order chi connectivity index (χ1) is 8.45. The highest BCUT2D eigenvalue weighted by atomic mass is 32.1. The van der Waals surface area contributed by atoms with E-state index in [-0.39, 0.29) is 18.2 Å². The number of likely N-dealkylation sites (tertiary alicyclic amines) is 1. The summed E-state index contributed by atoms with van der Waals surface area (Å²) in [6.07, 6.45) is 1.98. The number of thiazole rings is 1. The van der Waals surface area contributed by atoms with Crippen LogP contribution in [0.25, 0.3) is 0 Å². The topological polar surface area (TPSA) is 62.3 Å². The molecular formula is C12H17N3O2S. The summed E-state index contributed by atoms with van der Waals surface area (Å²) in [6.45, 7) is 6.19. The van der Waals surface area contributed by atoms with Gasteiger partial charge in [-0.25, -0.2) is 4.98 Å². The van der Waals surface area contributed by atoms with Crippen LogP contribution in [-0.4, -0.2) is 34.3 Å². The average Bonchev–Trinajstić information content (AvgIpc) is 2.89. The summed E-state index contributed by atoms with van der Waals surface area (Å²) in [4.78, 5) is 29.2. The minimum atomic E-state index is -0.434. The molecule has 1 aliphatic heterocycles. The van der Waals surface area contributed by atoms with Crippen molar-refractivity contribution in [2.45, 2.75) is 38.8 Å². The van der Waals surface area contributed by atoms with E-state index >= 15 is 0 Å². The Hall–Kier alpha value is -1.27. The molecule has 2 heterocycles. The van der Waals surface area contributed by atoms with Gasteiger partial charge in [0.15, 0.2) is 0 Å². The van der Waals surface area contributed by atoms with Gasteiger partial charge in [-0.1, -0.05) is 0 Å². The van der Waals surface area contributed by atoms with Crippen LogP contribution >= 0.6 is 11.3 Å². The molecule has 0 bridgehead atoms. The van der Waals surface area contributed by atoms with Crippen molar-refractivity contribution in [1.29, 1.82) is 0 Å². The summed E-state index contributed by atoms with van der Waals surface area (Å²) >= 11 is 1.54. The van der Waals surface area contributed by atoms with Gasteiger partial charge in [-0.3, -0.25) is 19.8 Å². The Morgan fingerprint density at radius 3 is 2.78 bits per heavy atom. The van der Waals surface area contributed by atoms with E-state index in [1.165, 1.54) is 16.2 Å². The lowest BCUT2D eigenvalue weighted by Crippen LogP contribution is -2.47. The highest BCUT2D eigenvalue weighted by Gasteiger charge is 2.40. The Labute approximate surface area is 110 Å². The van der Waals surface area contributed by atoms with Crippen molar-refractivity contribution in [2.75, 3.05) is 6.54 Å². The molecule has 1 saturated heterocycles. The number of imide groups is 1.